The molecule has 0 atom stereocenters. The second kappa shape index (κ2) is 13.5. The Morgan fingerprint density at radius 2 is 0.929 bits per heavy atom. The minimum atomic E-state index is 0.598. The van der Waals surface area contributed by atoms with Gasteiger partial charge in [0.1, 0.15) is 0 Å². The van der Waals surface area contributed by atoms with E-state index in [1.807, 2.05) is 60.7 Å². The van der Waals surface area contributed by atoms with Gasteiger partial charge in [-0.15, -0.1) is 0 Å². The van der Waals surface area contributed by atoms with Gasteiger partial charge < -0.3 is 9.47 Å². The number of anilines is 3. The lowest BCUT2D eigenvalue weighted by Gasteiger charge is -2.29. The minimum Gasteiger partial charge on any atom is -0.310 e. The van der Waals surface area contributed by atoms with Gasteiger partial charge >= 0.3 is 0 Å². The van der Waals surface area contributed by atoms with Crippen LogP contribution < -0.4 is 4.90 Å². The molecule has 0 fully saturated rings. The zero-order chi connectivity index (χ0) is 37.6. The Labute approximate surface area is 324 Å². The van der Waals surface area contributed by atoms with E-state index in [9.17, 15) is 10.5 Å². The number of nitrogens with zero attached hydrogens (tertiary/aromatic N) is 4. The Hall–Kier alpha value is -7.92. The third-order valence-electron chi connectivity index (χ3n) is 10.8. The van der Waals surface area contributed by atoms with E-state index < -0.39 is 0 Å². The molecule has 0 saturated carbocycles. The minimum absolute atomic E-state index is 0.598. The molecule has 1 aromatic heterocycles. The van der Waals surface area contributed by atoms with Gasteiger partial charge in [0.2, 0.25) is 0 Å². The summed E-state index contributed by atoms with van der Waals surface area (Å²) in [5.74, 6) is 0. The average molecular weight is 713 g/mol. The van der Waals surface area contributed by atoms with Crippen LogP contribution in [0.5, 0.6) is 0 Å². The van der Waals surface area contributed by atoms with Crippen molar-refractivity contribution in [3.8, 4) is 40.1 Å². The maximum absolute atomic E-state index is 10.5. The predicted octanol–water partition coefficient (Wildman–Crippen LogP) is 13.6. The van der Waals surface area contributed by atoms with E-state index in [0.717, 1.165) is 83.0 Å². The first-order valence-electron chi connectivity index (χ1n) is 18.7. The van der Waals surface area contributed by atoms with Crippen LogP contribution in [0.1, 0.15) is 11.1 Å². The quantitative estimate of drug-likeness (QED) is 0.161. The summed E-state index contributed by atoms with van der Waals surface area (Å²) < 4.78 is 2.33. The van der Waals surface area contributed by atoms with E-state index in [1.54, 1.807) is 0 Å². The number of aromatic nitrogens is 1. The summed E-state index contributed by atoms with van der Waals surface area (Å²) in [6, 6.07) is 71.8. The van der Waals surface area contributed by atoms with E-state index in [-0.39, 0.29) is 0 Å². The molecule has 0 bridgehead atoms. The van der Waals surface area contributed by atoms with Gasteiger partial charge in [0.05, 0.1) is 40.0 Å². The van der Waals surface area contributed by atoms with Gasteiger partial charge in [0.15, 0.2) is 0 Å². The molecule has 4 heteroatoms. The molecular formula is C52H32N4. The lowest BCUT2D eigenvalue weighted by molar-refractivity contribution is 1.18. The summed E-state index contributed by atoms with van der Waals surface area (Å²) in [7, 11) is 0. The van der Waals surface area contributed by atoms with Crippen molar-refractivity contribution in [3.63, 3.8) is 0 Å². The van der Waals surface area contributed by atoms with Crippen molar-refractivity contribution in [1.82, 2.24) is 4.57 Å². The maximum Gasteiger partial charge on any atom is 0.0998 e. The lowest BCUT2D eigenvalue weighted by atomic mass is 9.83. The number of nitriles is 2. The van der Waals surface area contributed by atoms with Gasteiger partial charge in [-0.05, 0) is 88.5 Å². The van der Waals surface area contributed by atoms with Crippen LogP contribution in [-0.4, -0.2) is 4.57 Å². The molecule has 0 aliphatic rings. The zero-order valence-corrected chi connectivity index (χ0v) is 30.3. The number of benzene rings is 9. The number of rotatable bonds is 6. The highest BCUT2D eigenvalue weighted by Gasteiger charge is 2.25. The van der Waals surface area contributed by atoms with E-state index in [0.29, 0.717) is 11.1 Å². The molecule has 0 aliphatic carbocycles. The molecule has 0 N–H and O–H groups in total. The summed E-state index contributed by atoms with van der Waals surface area (Å²) in [5.41, 5.74) is 11.2. The van der Waals surface area contributed by atoms with Gasteiger partial charge in [0, 0.05) is 49.9 Å². The van der Waals surface area contributed by atoms with Crippen molar-refractivity contribution in [2.24, 2.45) is 0 Å². The molecule has 0 unspecified atom stereocenters. The highest BCUT2D eigenvalue weighted by molar-refractivity contribution is 6.26. The van der Waals surface area contributed by atoms with Crippen LogP contribution in [0.4, 0.5) is 17.1 Å². The summed E-state index contributed by atoms with van der Waals surface area (Å²) in [4.78, 5) is 2.34. The Morgan fingerprint density at radius 3 is 1.62 bits per heavy atom. The highest BCUT2D eigenvalue weighted by atomic mass is 15.1. The van der Waals surface area contributed by atoms with Gasteiger partial charge in [-0.1, -0.05) is 127 Å². The molecular weight excluding hydrogens is 681 g/mol. The van der Waals surface area contributed by atoms with Crippen LogP contribution in [0.15, 0.2) is 194 Å². The first kappa shape index (κ1) is 32.7. The zero-order valence-electron chi connectivity index (χ0n) is 30.3. The van der Waals surface area contributed by atoms with E-state index in [2.05, 4.69) is 155 Å². The summed E-state index contributed by atoms with van der Waals surface area (Å²) >= 11 is 0. The van der Waals surface area contributed by atoms with Gasteiger partial charge in [-0.2, -0.15) is 10.5 Å². The number of hydrogen-bond donors (Lipinski definition) is 0. The van der Waals surface area contributed by atoms with Gasteiger partial charge in [0.25, 0.3) is 0 Å². The molecule has 56 heavy (non-hydrogen) atoms. The Morgan fingerprint density at radius 1 is 0.393 bits per heavy atom. The smallest absolute Gasteiger partial charge is 0.0998 e. The fourth-order valence-corrected chi connectivity index (χ4v) is 8.52. The molecule has 9 aromatic carbocycles. The molecule has 1 heterocycles. The number of fused-ring (bicyclic) bond motifs is 5. The second-order valence-corrected chi connectivity index (χ2v) is 13.9. The Bertz CT molecular complexity index is 3220. The number of hydrogen-bond acceptors (Lipinski definition) is 3. The standard InChI is InChI=1S/C52H32N4/c53-33-35-16-7-9-22-40(35)50-43-25-11-12-26-44(43)51(41-23-10-8-17-36(41)34-54)52-45(50)27-15-29-49(52)55(37-18-3-1-4-19-37)39-30-31-48-46(32-39)42-24-13-14-28-47(42)56(48)38-20-5-2-6-21-38/h1-32H. The van der Waals surface area contributed by atoms with Crippen molar-refractivity contribution in [2.75, 3.05) is 4.90 Å². The van der Waals surface area contributed by atoms with Gasteiger partial charge in [-0.25, -0.2) is 0 Å². The molecule has 0 saturated heterocycles. The second-order valence-electron chi connectivity index (χ2n) is 13.9. The molecule has 0 radical (unpaired) electrons. The SMILES string of the molecule is N#Cc1ccccc1-c1c2ccccc2c(-c2ccccc2C#N)c2c(N(c3ccccc3)c3ccc4c(c3)c3ccccc3n4-c3ccccc3)cccc12. The van der Waals surface area contributed by atoms with E-state index in [1.165, 1.54) is 5.39 Å². The van der Waals surface area contributed by atoms with Gasteiger partial charge in [-0.3, -0.25) is 0 Å². The van der Waals surface area contributed by atoms with Crippen LogP contribution in [0.25, 0.3) is 71.3 Å². The van der Waals surface area contributed by atoms with Crippen molar-refractivity contribution in [1.29, 1.82) is 10.5 Å². The van der Waals surface area contributed by atoms with Crippen molar-refractivity contribution < 1.29 is 0 Å². The highest BCUT2D eigenvalue weighted by Crippen LogP contribution is 2.51. The van der Waals surface area contributed by atoms with Crippen LogP contribution in [-0.2, 0) is 0 Å². The van der Waals surface area contributed by atoms with E-state index >= 15 is 0 Å². The Balaban J connectivity index is 1.36. The average Bonchev–Trinajstić information content (AvgIpc) is 3.60. The van der Waals surface area contributed by atoms with E-state index in [4.69, 9.17) is 0 Å². The van der Waals surface area contributed by atoms with Crippen LogP contribution in [0, 0.1) is 22.7 Å². The van der Waals surface area contributed by atoms with Crippen molar-refractivity contribution in [3.05, 3.63) is 205 Å². The summed E-state index contributed by atoms with van der Waals surface area (Å²) in [6.07, 6.45) is 0. The molecule has 0 spiro atoms. The monoisotopic (exact) mass is 712 g/mol. The first-order valence-corrected chi connectivity index (χ1v) is 18.7. The topological polar surface area (TPSA) is 55.8 Å². The third kappa shape index (κ3) is 5.13. The fourth-order valence-electron chi connectivity index (χ4n) is 8.52. The third-order valence-corrected chi connectivity index (χ3v) is 10.8. The van der Waals surface area contributed by atoms with Crippen molar-refractivity contribution in [2.45, 2.75) is 0 Å². The normalized spacial score (nSPS) is 11.2. The maximum atomic E-state index is 10.5. The lowest BCUT2D eigenvalue weighted by Crippen LogP contribution is -2.11. The van der Waals surface area contributed by atoms with Crippen LogP contribution in [0.2, 0.25) is 0 Å². The predicted molar refractivity (Wildman–Crippen MR) is 231 cm³/mol. The van der Waals surface area contributed by atoms with Crippen molar-refractivity contribution >= 4 is 60.4 Å². The summed E-state index contributed by atoms with van der Waals surface area (Å²) in [6.45, 7) is 0. The molecule has 260 valence electrons. The molecule has 0 aliphatic heterocycles. The van der Waals surface area contributed by atoms with Crippen LogP contribution >= 0.6 is 0 Å². The molecule has 4 nitrogen and oxygen atoms in total. The fraction of sp³-hybridized carbons (Fsp3) is 0. The molecule has 10 aromatic rings. The molecule has 0 amide bonds. The largest absolute Gasteiger partial charge is 0.310 e. The van der Waals surface area contributed by atoms with Crippen LogP contribution in [0.3, 0.4) is 0 Å². The molecule has 10 rings (SSSR count). The summed E-state index contributed by atoms with van der Waals surface area (Å²) in [5, 5.41) is 27.3. The Kier molecular flexibility index (Phi) is 7.88. The first-order chi connectivity index (χ1) is 27.7. The number of para-hydroxylation sites is 3.